The second-order valence-corrected chi connectivity index (χ2v) is 1.94. The summed E-state index contributed by atoms with van der Waals surface area (Å²) in [6, 6.07) is 4.75. The molecular formula is C6H9N3O3. The third-order valence-corrected chi connectivity index (χ3v) is 1.31. The molecule has 6 nitrogen and oxygen atoms in total. The molecule has 0 saturated heterocycles. The van der Waals surface area contributed by atoms with Crippen molar-refractivity contribution in [3.63, 3.8) is 0 Å². The van der Waals surface area contributed by atoms with E-state index < -0.39 is 0 Å². The maximum absolute atomic E-state index is 4.93. The number of rotatable bonds is 3. The molecule has 66 valence electrons. The van der Waals surface area contributed by atoms with Crippen LogP contribution in [0.4, 0.5) is 0 Å². The minimum absolute atomic E-state index is 0.155. The van der Waals surface area contributed by atoms with E-state index in [9.17, 15) is 0 Å². The molecule has 0 bridgehead atoms. The zero-order valence-electron chi connectivity index (χ0n) is 6.19. The van der Waals surface area contributed by atoms with E-state index in [-0.39, 0.29) is 17.2 Å². The average Bonchev–Trinajstić information content (AvgIpc) is 2.16. The molecule has 1 aromatic carbocycles. The maximum Gasteiger partial charge on any atom is 0.235 e. The van der Waals surface area contributed by atoms with Crippen molar-refractivity contribution in [2.45, 2.75) is 0 Å². The molecule has 6 heteroatoms. The van der Waals surface area contributed by atoms with Crippen LogP contribution in [-0.4, -0.2) is 0 Å². The van der Waals surface area contributed by atoms with Gasteiger partial charge in [0.25, 0.3) is 0 Å². The Morgan fingerprint density at radius 2 is 1.33 bits per heavy atom. The maximum atomic E-state index is 4.93. The van der Waals surface area contributed by atoms with Gasteiger partial charge in [0.1, 0.15) is 0 Å². The van der Waals surface area contributed by atoms with Crippen LogP contribution in [0.3, 0.4) is 0 Å². The lowest BCUT2D eigenvalue weighted by Gasteiger charge is -2.08. The van der Waals surface area contributed by atoms with Gasteiger partial charge < -0.3 is 14.5 Å². The first-order valence-electron chi connectivity index (χ1n) is 3.06. The normalized spacial score (nSPS) is 9.25. The van der Waals surface area contributed by atoms with Crippen LogP contribution in [0.15, 0.2) is 18.2 Å². The van der Waals surface area contributed by atoms with Crippen LogP contribution in [0, 0.1) is 0 Å². The molecule has 0 amide bonds. The summed E-state index contributed by atoms with van der Waals surface area (Å²) in [7, 11) is 0. The lowest BCUT2D eigenvalue weighted by molar-refractivity contribution is 0.253. The average molecular weight is 171 g/mol. The van der Waals surface area contributed by atoms with E-state index in [1.54, 1.807) is 18.2 Å². The van der Waals surface area contributed by atoms with Gasteiger partial charge in [0.05, 0.1) is 0 Å². The van der Waals surface area contributed by atoms with Crippen LogP contribution >= 0.6 is 0 Å². The Bertz CT molecular complexity index is 244. The van der Waals surface area contributed by atoms with E-state index in [0.717, 1.165) is 0 Å². The van der Waals surface area contributed by atoms with Gasteiger partial charge >= 0.3 is 0 Å². The summed E-state index contributed by atoms with van der Waals surface area (Å²) >= 11 is 0. The number of benzene rings is 1. The molecule has 0 aliphatic rings. The number of hydrogen-bond acceptors (Lipinski definition) is 6. The fraction of sp³-hybridized carbons (Fsp3) is 0. The zero-order valence-corrected chi connectivity index (χ0v) is 6.19. The van der Waals surface area contributed by atoms with Crippen LogP contribution in [-0.2, 0) is 0 Å². The van der Waals surface area contributed by atoms with Gasteiger partial charge in [-0.05, 0) is 12.1 Å². The molecule has 0 saturated carbocycles. The van der Waals surface area contributed by atoms with E-state index in [1.807, 2.05) is 0 Å². The van der Waals surface area contributed by atoms with Crippen LogP contribution in [0.25, 0.3) is 0 Å². The topological polar surface area (TPSA) is 106 Å². The fourth-order valence-corrected chi connectivity index (χ4v) is 0.797. The van der Waals surface area contributed by atoms with Gasteiger partial charge in [-0.25, -0.2) is 0 Å². The first kappa shape index (κ1) is 8.60. The molecule has 0 atom stereocenters. The third-order valence-electron chi connectivity index (χ3n) is 1.31. The summed E-state index contributed by atoms with van der Waals surface area (Å²) in [4.78, 5) is 13.3. The Balaban J connectivity index is 3.13. The molecular weight excluding hydrogens is 162 g/mol. The highest BCUT2D eigenvalue weighted by molar-refractivity contribution is 5.50. The Kier molecular flexibility index (Phi) is 2.70. The van der Waals surface area contributed by atoms with E-state index in [1.165, 1.54) is 0 Å². The number of para-hydroxylation sites is 1. The summed E-state index contributed by atoms with van der Waals surface area (Å²) in [6.45, 7) is 0. The van der Waals surface area contributed by atoms with Gasteiger partial charge in [0.2, 0.25) is 5.75 Å². The summed E-state index contributed by atoms with van der Waals surface area (Å²) in [5.41, 5.74) is 0. The monoisotopic (exact) mass is 171 g/mol. The van der Waals surface area contributed by atoms with E-state index >= 15 is 0 Å². The Morgan fingerprint density at radius 3 is 1.67 bits per heavy atom. The molecule has 0 radical (unpaired) electrons. The fourth-order valence-electron chi connectivity index (χ4n) is 0.797. The smallest absolute Gasteiger partial charge is 0.235 e. The van der Waals surface area contributed by atoms with E-state index in [0.29, 0.717) is 0 Å². The van der Waals surface area contributed by atoms with Gasteiger partial charge in [0.15, 0.2) is 11.5 Å². The van der Waals surface area contributed by atoms with Crippen molar-refractivity contribution in [1.82, 2.24) is 0 Å². The highest BCUT2D eigenvalue weighted by Gasteiger charge is 2.10. The summed E-state index contributed by atoms with van der Waals surface area (Å²) in [5, 5.41) is 0. The molecule has 0 heterocycles. The molecule has 0 spiro atoms. The number of nitrogens with two attached hydrogens (primary N) is 3. The van der Waals surface area contributed by atoms with Crippen molar-refractivity contribution in [3.8, 4) is 17.2 Å². The molecule has 0 aliphatic carbocycles. The van der Waals surface area contributed by atoms with Crippen molar-refractivity contribution in [3.05, 3.63) is 18.2 Å². The predicted octanol–water partition coefficient (Wildman–Crippen LogP) is -0.556. The summed E-state index contributed by atoms with van der Waals surface area (Å²) < 4.78 is 0. The molecule has 0 aromatic heterocycles. The van der Waals surface area contributed by atoms with Crippen molar-refractivity contribution in [2.75, 3.05) is 0 Å². The minimum Gasteiger partial charge on any atom is -0.407 e. The Labute approximate surface area is 68.7 Å². The zero-order chi connectivity index (χ0) is 8.97. The minimum atomic E-state index is 0.155. The molecule has 0 aliphatic heterocycles. The van der Waals surface area contributed by atoms with Gasteiger partial charge in [-0.15, -0.1) is 0 Å². The molecule has 0 unspecified atom stereocenters. The van der Waals surface area contributed by atoms with Crippen molar-refractivity contribution >= 4 is 0 Å². The second kappa shape index (κ2) is 3.77. The molecule has 6 N–H and O–H groups in total. The van der Waals surface area contributed by atoms with Crippen LogP contribution in [0.1, 0.15) is 0 Å². The van der Waals surface area contributed by atoms with E-state index in [2.05, 4.69) is 14.5 Å². The SMILES string of the molecule is NOc1cccc(ON)c1ON. The van der Waals surface area contributed by atoms with Gasteiger partial charge in [-0.3, -0.25) is 0 Å². The van der Waals surface area contributed by atoms with Gasteiger partial charge in [-0.2, -0.15) is 17.7 Å². The second-order valence-electron chi connectivity index (χ2n) is 1.94. The summed E-state index contributed by atoms with van der Waals surface area (Å²) in [6.07, 6.45) is 0. The molecule has 0 fully saturated rings. The quantitative estimate of drug-likeness (QED) is 0.526. The van der Waals surface area contributed by atoms with Gasteiger partial charge in [0, 0.05) is 0 Å². The van der Waals surface area contributed by atoms with Crippen molar-refractivity contribution in [2.24, 2.45) is 17.7 Å². The third kappa shape index (κ3) is 1.40. The predicted molar refractivity (Wildman–Crippen MR) is 40.9 cm³/mol. The lowest BCUT2D eigenvalue weighted by atomic mass is 10.3. The summed E-state index contributed by atoms with van der Waals surface area (Å²) in [5.74, 6) is 15.4. The molecule has 1 aromatic rings. The van der Waals surface area contributed by atoms with Gasteiger partial charge in [-0.1, -0.05) is 6.07 Å². The first-order valence-corrected chi connectivity index (χ1v) is 3.06. The first-order chi connectivity index (χ1) is 5.83. The standard InChI is InChI=1S/C6H9N3O3/c7-10-4-2-1-3-5(11-8)6(4)12-9/h1-3H,7-9H2. The number of hydrogen-bond donors (Lipinski definition) is 3. The van der Waals surface area contributed by atoms with Crippen LogP contribution in [0.5, 0.6) is 17.2 Å². The van der Waals surface area contributed by atoms with Crippen molar-refractivity contribution < 1.29 is 14.5 Å². The lowest BCUT2D eigenvalue weighted by Crippen LogP contribution is -2.11. The highest BCUT2D eigenvalue weighted by atomic mass is 16.7. The van der Waals surface area contributed by atoms with Crippen LogP contribution in [0.2, 0.25) is 0 Å². The molecule has 1 rings (SSSR count). The van der Waals surface area contributed by atoms with Crippen LogP contribution < -0.4 is 32.2 Å². The highest BCUT2D eigenvalue weighted by Crippen LogP contribution is 2.34. The van der Waals surface area contributed by atoms with Crippen molar-refractivity contribution in [1.29, 1.82) is 0 Å². The van der Waals surface area contributed by atoms with E-state index in [4.69, 9.17) is 17.7 Å². The Morgan fingerprint density at radius 1 is 0.833 bits per heavy atom. The molecule has 12 heavy (non-hydrogen) atoms. The Hall–Kier alpha value is -1.50. The largest absolute Gasteiger partial charge is 0.407 e.